The van der Waals surface area contributed by atoms with Crippen molar-refractivity contribution < 1.29 is 17.9 Å². The second-order valence-electron chi connectivity index (χ2n) is 8.25. The third-order valence-corrected chi connectivity index (χ3v) is 7.04. The van der Waals surface area contributed by atoms with Crippen molar-refractivity contribution in [2.75, 3.05) is 25.6 Å². The molecular formula is C22H28N8O4S. The summed E-state index contributed by atoms with van der Waals surface area (Å²) in [5.41, 5.74) is 1.77. The van der Waals surface area contributed by atoms with Gasteiger partial charge in [-0.05, 0) is 32.8 Å². The van der Waals surface area contributed by atoms with Gasteiger partial charge in [0.25, 0.3) is 6.01 Å². The Kier molecular flexibility index (Phi) is 7.26. The number of imidazole rings is 1. The molecule has 0 unspecified atom stereocenters. The van der Waals surface area contributed by atoms with E-state index < -0.39 is 10.0 Å². The molecule has 12 nitrogen and oxygen atoms in total. The van der Waals surface area contributed by atoms with Gasteiger partial charge in [-0.1, -0.05) is 0 Å². The topological polar surface area (TPSA) is 157 Å². The van der Waals surface area contributed by atoms with Gasteiger partial charge >= 0.3 is 0 Å². The van der Waals surface area contributed by atoms with Crippen molar-refractivity contribution in [3.8, 4) is 6.01 Å². The van der Waals surface area contributed by atoms with Crippen LogP contribution in [0.15, 0.2) is 30.7 Å². The van der Waals surface area contributed by atoms with Crippen LogP contribution in [0.1, 0.15) is 38.6 Å². The molecule has 0 amide bonds. The lowest BCUT2D eigenvalue weighted by Crippen LogP contribution is -2.22. The third kappa shape index (κ3) is 5.74. The van der Waals surface area contributed by atoms with Crippen LogP contribution in [0.2, 0.25) is 0 Å². The average Bonchev–Trinajstić information content (AvgIpc) is 3.62. The quantitative estimate of drug-likeness (QED) is 0.251. The van der Waals surface area contributed by atoms with Gasteiger partial charge < -0.3 is 20.2 Å². The van der Waals surface area contributed by atoms with Crippen LogP contribution >= 0.6 is 0 Å². The molecule has 1 fully saturated rings. The fourth-order valence-electron chi connectivity index (χ4n) is 3.35. The van der Waals surface area contributed by atoms with E-state index in [0.29, 0.717) is 49.2 Å². The number of allylic oxidation sites excluding steroid dienone is 1. The highest BCUT2D eigenvalue weighted by atomic mass is 32.2. The second kappa shape index (κ2) is 10.4. The summed E-state index contributed by atoms with van der Waals surface area (Å²) in [6.07, 6.45) is 6.72. The second-order valence-corrected chi connectivity index (χ2v) is 10.2. The lowest BCUT2D eigenvalue weighted by molar-refractivity contribution is 0.137. The molecule has 1 saturated carbocycles. The molecule has 3 aromatic heterocycles. The van der Waals surface area contributed by atoms with Crippen molar-refractivity contribution in [1.29, 1.82) is 5.41 Å². The van der Waals surface area contributed by atoms with Crippen LogP contribution in [0.3, 0.4) is 0 Å². The van der Waals surface area contributed by atoms with Crippen molar-refractivity contribution >= 4 is 44.5 Å². The maximum absolute atomic E-state index is 12.1. The molecule has 3 aromatic rings. The minimum absolute atomic E-state index is 0.0955. The molecule has 0 aliphatic heterocycles. The van der Waals surface area contributed by atoms with E-state index in [1.807, 2.05) is 24.5 Å². The first-order chi connectivity index (χ1) is 16.8. The number of sulfonamides is 1. The summed E-state index contributed by atoms with van der Waals surface area (Å²) in [4.78, 5) is 17.6. The molecule has 1 aliphatic carbocycles. The monoisotopic (exact) mass is 500 g/mol. The molecule has 3 N–H and O–H groups in total. The van der Waals surface area contributed by atoms with E-state index in [1.165, 1.54) is 12.4 Å². The highest BCUT2D eigenvalue weighted by molar-refractivity contribution is 7.90. The summed E-state index contributed by atoms with van der Waals surface area (Å²) >= 11 is 0. The van der Waals surface area contributed by atoms with Crippen molar-refractivity contribution in [2.45, 2.75) is 38.0 Å². The van der Waals surface area contributed by atoms with Crippen LogP contribution in [0.4, 0.5) is 11.6 Å². The zero-order chi connectivity index (χ0) is 25.0. The summed E-state index contributed by atoms with van der Waals surface area (Å²) in [5, 5.41) is 10.4. The molecule has 35 heavy (non-hydrogen) atoms. The lowest BCUT2D eigenvalue weighted by Gasteiger charge is -2.13. The first-order valence-corrected chi connectivity index (χ1v) is 12.7. The average molecular weight is 501 g/mol. The number of aromatic nitrogens is 5. The molecule has 3 heterocycles. The Morgan fingerprint density at radius 1 is 1.26 bits per heavy atom. The molecule has 1 aliphatic rings. The van der Waals surface area contributed by atoms with Crippen LogP contribution in [-0.4, -0.2) is 64.7 Å². The zero-order valence-corrected chi connectivity index (χ0v) is 20.5. The Morgan fingerprint density at radius 3 is 2.74 bits per heavy atom. The number of hydrogen-bond acceptors (Lipinski definition) is 10. The summed E-state index contributed by atoms with van der Waals surface area (Å²) in [6.45, 7) is 4.92. The highest BCUT2D eigenvalue weighted by Crippen LogP contribution is 2.29. The van der Waals surface area contributed by atoms with Gasteiger partial charge in [0.2, 0.25) is 10.0 Å². The molecule has 0 spiro atoms. The number of ether oxygens (including phenoxy) is 2. The Labute approximate surface area is 203 Å². The van der Waals surface area contributed by atoms with E-state index in [0.717, 1.165) is 11.7 Å². The molecule has 4 rings (SSSR count). The molecule has 0 aromatic carbocycles. The standard InChI is InChI=1S/C22H28N8O4S/c1-14(2)30-18-10-20(25-13-17(18)27-22(30)34-9-8-33-3)28-19-6-7-24-21(29-19)15(11-23)12-26-35(31,32)16-4-5-16/h6-7,10-14,16,23,26H,4-5,8-9H2,1-3H3,(H,24,25,28,29)/b15-12+,23-11?. The maximum Gasteiger partial charge on any atom is 0.297 e. The molecule has 0 atom stereocenters. The van der Waals surface area contributed by atoms with E-state index in [-0.39, 0.29) is 22.7 Å². The van der Waals surface area contributed by atoms with Crippen molar-refractivity contribution in [3.05, 3.63) is 36.6 Å². The number of hydrogen-bond donors (Lipinski definition) is 3. The number of rotatable bonds is 12. The highest BCUT2D eigenvalue weighted by Gasteiger charge is 2.35. The number of nitrogens with one attached hydrogen (secondary N) is 3. The van der Waals surface area contributed by atoms with Gasteiger partial charge in [-0.2, -0.15) is 4.98 Å². The molecule has 186 valence electrons. The van der Waals surface area contributed by atoms with Crippen molar-refractivity contribution in [3.63, 3.8) is 0 Å². The Hall–Kier alpha value is -3.58. The minimum Gasteiger partial charge on any atom is -0.462 e. The van der Waals surface area contributed by atoms with E-state index in [9.17, 15) is 8.42 Å². The van der Waals surface area contributed by atoms with E-state index in [4.69, 9.17) is 14.9 Å². The van der Waals surface area contributed by atoms with Gasteiger partial charge in [-0.25, -0.2) is 23.4 Å². The van der Waals surface area contributed by atoms with Gasteiger partial charge in [0.1, 0.15) is 23.8 Å². The zero-order valence-electron chi connectivity index (χ0n) is 19.7. The normalized spacial score (nSPS) is 14.3. The van der Waals surface area contributed by atoms with E-state index in [2.05, 4.69) is 30.0 Å². The summed E-state index contributed by atoms with van der Waals surface area (Å²) in [7, 11) is -1.82. The fraction of sp³-hybridized carbons (Fsp3) is 0.409. The van der Waals surface area contributed by atoms with Gasteiger partial charge in [0.15, 0.2) is 5.82 Å². The molecular weight excluding hydrogens is 472 g/mol. The smallest absolute Gasteiger partial charge is 0.297 e. The SMILES string of the molecule is COCCOc1nc2cnc(Nc3ccnc(/C(C=N)=C/NS(=O)(=O)C4CC4)n3)cc2n1C(C)C. The Balaban J connectivity index is 1.57. The van der Waals surface area contributed by atoms with Crippen LogP contribution in [0.25, 0.3) is 16.6 Å². The first kappa shape index (κ1) is 24.5. The molecule has 13 heteroatoms. The van der Waals surface area contributed by atoms with Crippen molar-refractivity contribution in [2.24, 2.45) is 0 Å². The maximum atomic E-state index is 12.1. The minimum atomic E-state index is -3.43. The van der Waals surface area contributed by atoms with Gasteiger partial charge in [-0.3, -0.25) is 9.29 Å². The van der Waals surface area contributed by atoms with Crippen LogP contribution in [-0.2, 0) is 14.8 Å². The van der Waals surface area contributed by atoms with Gasteiger partial charge in [-0.15, -0.1) is 0 Å². The molecule has 0 saturated heterocycles. The van der Waals surface area contributed by atoms with Crippen LogP contribution in [0.5, 0.6) is 6.01 Å². The summed E-state index contributed by atoms with van der Waals surface area (Å²) < 4.78 is 39.4. The fourth-order valence-corrected chi connectivity index (χ4v) is 4.59. The predicted molar refractivity (Wildman–Crippen MR) is 132 cm³/mol. The Morgan fingerprint density at radius 2 is 2.06 bits per heavy atom. The van der Waals surface area contributed by atoms with Crippen LogP contribution < -0.4 is 14.8 Å². The molecule has 0 radical (unpaired) electrons. The van der Waals surface area contributed by atoms with Gasteiger partial charge in [0, 0.05) is 37.8 Å². The number of pyridine rings is 1. The van der Waals surface area contributed by atoms with E-state index in [1.54, 1.807) is 19.4 Å². The summed E-state index contributed by atoms with van der Waals surface area (Å²) in [5.74, 6) is 1.17. The largest absolute Gasteiger partial charge is 0.462 e. The van der Waals surface area contributed by atoms with Gasteiger partial charge in [0.05, 0.1) is 29.1 Å². The number of anilines is 2. The third-order valence-electron chi connectivity index (χ3n) is 5.25. The predicted octanol–water partition coefficient (Wildman–Crippen LogP) is 2.64. The number of methoxy groups -OCH3 is 1. The number of nitrogens with zero attached hydrogens (tertiary/aromatic N) is 5. The van der Waals surface area contributed by atoms with Crippen LogP contribution in [0, 0.1) is 5.41 Å². The molecule has 0 bridgehead atoms. The van der Waals surface area contributed by atoms with E-state index >= 15 is 0 Å². The summed E-state index contributed by atoms with van der Waals surface area (Å²) in [6, 6.07) is 4.09. The van der Waals surface area contributed by atoms with Crippen molar-refractivity contribution in [1.82, 2.24) is 29.2 Å². The lowest BCUT2D eigenvalue weighted by atomic mass is 10.3. The Bertz CT molecular complexity index is 1350. The first-order valence-electron chi connectivity index (χ1n) is 11.1. The number of fused-ring (bicyclic) bond motifs is 1.